The smallest absolute Gasteiger partial charge is 0.396 e. The van der Waals surface area contributed by atoms with Crippen molar-refractivity contribution in [3.05, 3.63) is 23.0 Å². The van der Waals surface area contributed by atoms with E-state index in [9.17, 15) is 9.59 Å². The summed E-state index contributed by atoms with van der Waals surface area (Å²) in [4.78, 5) is 22.3. The lowest BCUT2D eigenvalue weighted by atomic mass is 10.2. The molecule has 0 unspecified atom stereocenters. The van der Waals surface area contributed by atoms with Crippen LogP contribution in [-0.2, 0) is 20.9 Å². The number of aromatic nitrogens is 2. The van der Waals surface area contributed by atoms with Gasteiger partial charge in [-0.15, -0.1) is 0 Å². The van der Waals surface area contributed by atoms with Crippen LogP contribution in [0.4, 0.5) is 0 Å². The first-order valence-corrected chi connectivity index (χ1v) is 5.29. The van der Waals surface area contributed by atoms with E-state index in [0.29, 0.717) is 5.69 Å². The summed E-state index contributed by atoms with van der Waals surface area (Å²) < 4.78 is 4.55. The average Bonchev–Trinajstić information content (AvgIpc) is 2.27. The third-order valence-electron chi connectivity index (χ3n) is 2.09. The third kappa shape index (κ3) is 3.82. The molecule has 1 rings (SSSR count). The zero-order valence-corrected chi connectivity index (χ0v) is 10.1. The molecule has 1 aromatic heterocycles. The largest absolute Gasteiger partial charge is 0.459 e. The first-order valence-electron chi connectivity index (χ1n) is 5.29. The highest BCUT2D eigenvalue weighted by molar-refractivity contribution is 6.32. The Hall–Kier alpha value is -1.98. The summed E-state index contributed by atoms with van der Waals surface area (Å²) in [7, 11) is 0. The molecule has 0 bridgehead atoms. The molecule has 0 aliphatic rings. The molecule has 1 amide bonds. The van der Waals surface area contributed by atoms with Crippen LogP contribution in [0.3, 0.4) is 0 Å². The van der Waals surface area contributed by atoms with Crippen LogP contribution in [-0.4, -0.2) is 28.7 Å². The first-order chi connectivity index (χ1) is 8.04. The molecule has 1 N–H and O–H groups in total. The van der Waals surface area contributed by atoms with Crippen LogP contribution >= 0.6 is 0 Å². The molecule has 92 valence electrons. The van der Waals surface area contributed by atoms with Gasteiger partial charge in [-0.05, 0) is 32.4 Å². The summed E-state index contributed by atoms with van der Waals surface area (Å²) >= 11 is 0. The zero-order valence-electron chi connectivity index (χ0n) is 10.1. The average molecular weight is 237 g/mol. The number of aryl methyl sites for hydroxylation is 2. The van der Waals surface area contributed by atoms with Crippen LogP contribution in [0.2, 0.25) is 0 Å². The van der Waals surface area contributed by atoms with Gasteiger partial charge in [-0.25, -0.2) is 4.79 Å². The summed E-state index contributed by atoms with van der Waals surface area (Å²) in [6.45, 7) is 5.68. The maximum absolute atomic E-state index is 11.3. The molecule has 17 heavy (non-hydrogen) atoms. The normalized spacial score (nSPS) is 9.82. The molecule has 0 atom stereocenters. The summed E-state index contributed by atoms with van der Waals surface area (Å²) in [5.74, 6) is -1.65. The number of ether oxygens (including phenoxy) is 1. The highest BCUT2D eigenvalue weighted by Gasteiger charge is 2.14. The Morgan fingerprint density at radius 1 is 1.35 bits per heavy atom. The molecule has 1 heterocycles. The molecular weight excluding hydrogens is 222 g/mol. The van der Waals surface area contributed by atoms with E-state index in [2.05, 4.69) is 20.3 Å². The fourth-order valence-electron chi connectivity index (χ4n) is 1.25. The van der Waals surface area contributed by atoms with Crippen molar-refractivity contribution in [1.29, 1.82) is 0 Å². The van der Waals surface area contributed by atoms with Gasteiger partial charge in [0.2, 0.25) is 0 Å². The minimum absolute atomic E-state index is 0.163. The Bertz CT molecular complexity index is 432. The zero-order chi connectivity index (χ0) is 12.8. The van der Waals surface area contributed by atoms with Crippen molar-refractivity contribution < 1.29 is 14.3 Å². The lowest BCUT2D eigenvalue weighted by Gasteiger charge is -2.06. The van der Waals surface area contributed by atoms with Crippen molar-refractivity contribution >= 4 is 11.9 Å². The third-order valence-corrected chi connectivity index (χ3v) is 2.09. The van der Waals surface area contributed by atoms with Gasteiger partial charge in [-0.1, -0.05) is 0 Å². The van der Waals surface area contributed by atoms with Gasteiger partial charge in [-0.2, -0.15) is 10.2 Å². The van der Waals surface area contributed by atoms with E-state index in [1.165, 1.54) is 0 Å². The second-order valence-corrected chi connectivity index (χ2v) is 3.52. The molecule has 1 aromatic rings. The molecular formula is C11H15N3O3. The van der Waals surface area contributed by atoms with E-state index in [0.717, 1.165) is 11.3 Å². The second-order valence-electron chi connectivity index (χ2n) is 3.52. The lowest BCUT2D eigenvalue weighted by molar-refractivity contribution is -0.154. The predicted octanol–water partition coefficient (Wildman–Crippen LogP) is 0.273. The predicted molar refractivity (Wildman–Crippen MR) is 60.0 cm³/mol. The van der Waals surface area contributed by atoms with E-state index in [4.69, 9.17) is 0 Å². The number of rotatable bonds is 3. The van der Waals surface area contributed by atoms with Gasteiger partial charge in [0.15, 0.2) is 0 Å². The quantitative estimate of drug-likeness (QED) is 0.603. The number of hydrogen-bond acceptors (Lipinski definition) is 5. The maximum Gasteiger partial charge on any atom is 0.396 e. The Morgan fingerprint density at radius 3 is 2.65 bits per heavy atom. The van der Waals surface area contributed by atoms with Crippen LogP contribution in [0, 0.1) is 13.8 Å². The first kappa shape index (κ1) is 13.1. The van der Waals surface area contributed by atoms with Crippen molar-refractivity contribution in [3.63, 3.8) is 0 Å². The Labute approximate surface area is 99.4 Å². The Morgan fingerprint density at radius 2 is 2.06 bits per heavy atom. The number of nitrogens with one attached hydrogen (secondary N) is 1. The minimum atomic E-state index is -0.884. The fourth-order valence-corrected chi connectivity index (χ4v) is 1.25. The van der Waals surface area contributed by atoms with E-state index in [-0.39, 0.29) is 13.2 Å². The van der Waals surface area contributed by atoms with Crippen molar-refractivity contribution in [2.24, 2.45) is 0 Å². The van der Waals surface area contributed by atoms with Crippen molar-refractivity contribution in [2.45, 2.75) is 27.3 Å². The van der Waals surface area contributed by atoms with Gasteiger partial charge in [0.25, 0.3) is 0 Å². The second kappa shape index (κ2) is 5.93. The highest BCUT2D eigenvalue weighted by Crippen LogP contribution is 2.03. The van der Waals surface area contributed by atoms with Gasteiger partial charge < -0.3 is 10.1 Å². The molecule has 0 radical (unpaired) electrons. The molecule has 0 saturated carbocycles. The van der Waals surface area contributed by atoms with Gasteiger partial charge in [0, 0.05) is 0 Å². The summed E-state index contributed by atoms with van der Waals surface area (Å²) in [5, 5.41) is 10.2. The molecule has 6 heteroatoms. The van der Waals surface area contributed by atoms with E-state index in [1.54, 1.807) is 6.92 Å². The molecule has 0 fully saturated rings. The summed E-state index contributed by atoms with van der Waals surface area (Å²) in [6, 6.07) is 1.86. The van der Waals surface area contributed by atoms with Crippen LogP contribution < -0.4 is 5.32 Å². The number of nitrogens with zero attached hydrogens (tertiary/aromatic N) is 2. The number of carbonyl (C=O) groups excluding carboxylic acids is 2. The Kier molecular flexibility index (Phi) is 4.56. The maximum atomic E-state index is 11.3. The number of amides is 1. The lowest BCUT2D eigenvalue weighted by Crippen LogP contribution is -2.32. The van der Waals surface area contributed by atoms with Crippen molar-refractivity contribution in [1.82, 2.24) is 15.5 Å². The topological polar surface area (TPSA) is 81.2 Å². The van der Waals surface area contributed by atoms with Gasteiger partial charge in [0.05, 0.1) is 24.5 Å². The fraction of sp³-hybridized carbons (Fsp3) is 0.455. The van der Waals surface area contributed by atoms with Crippen molar-refractivity contribution in [3.8, 4) is 0 Å². The van der Waals surface area contributed by atoms with E-state index >= 15 is 0 Å². The van der Waals surface area contributed by atoms with Gasteiger partial charge >= 0.3 is 11.9 Å². The number of esters is 1. The molecule has 6 nitrogen and oxygen atoms in total. The minimum Gasteiger partial charge on any atom is -0.459 e. The van der Waals surface area contributed by atoms with Crippen LogP contribution in [0.25, 0.3) is 0 Å². The summed E-state index contributed by atoms with van der Waals surface area (Å²) in [5.41, 5.74) is 2.36. The summed E-state index contributed by atoms with van der Waals surface area (Å²) in [6.07, 6.45) is 0. The highest BCUT2D eigenvalue weighted by atomic mass is 16.5. The van der Waals surface area contributed by atoms with Crippen LogP contribution in [0.15, 0.2) is 6.07 Å². The van der Waals surface area contributed by atoms with E-state index < -0.39 is 11.9 Å². The molecule has 0 saturated heterocycles. The van der Waals surface area contributed by atoms with Crippen LogP contribution in [0.1, 0.15) is 23.9 Å². The van der Waals surface area contributed by atoms with Crippen molar-refractivity contribution in [2.75, 3.05) is 6.61 Å². The molecule has 0 aromatic carbocycles. The molecule has 0 aliphatic carbocycles. The molecule has 0 spiro atoms. The number of hydrogen-bond donors (Lipinski definition) is 1. The number of carbonyl (C=O) groups is 2. The standard InChI is InChI=1S/C11H15N3O3/c1-4-17-11(16)10(15)12-6-9-7(2)5-8(3)13-14-9/h5H,4,6H2,1-3H3,(H,12,15). The molecule has 0 aliphatic heterocycles. The SMILES string of the molecule is CCOC(=O)C(=O)NCc1nnc(C)cc1C. The van der Waals surface area contributed by atoms with E-state index in [1.807, 2.05) is 19.9 Å². The monoisotopic (exact) mass is 237 g/mol. The van der Waals surface area contributed by atoms with Crippen LogP contribution in [0.5, 0.6) is 0 Å². The van der Waals surface area contributed by atoms with Gasteiger partial charge in [-0.3, -0.25) is 4.79 Å². The Balaban J connectivity index is 2.56. The van der Waals surface area contributed by atoms with Gasteiger partial charge in [0.1, 0.15) is 0 Å².